The first-order chi connectivity index (χ1) is 33.2. The number of para-hydroxylation sites is 2. The van der Waals surface area contributed by atoms with Gasteiger partial charge in [-0.25, -0.2) is 9.97 Å². The van der Waals surface area contributed by atoms with Gasteiger partial charge in [-0.05, 0) is 119 Å². The quantitative estimate of drug-likeness (QED) is 0.150. The largest absolute Gasteiger partial charge is 0.264 e. The van der Waals surface area contributed by atoms with Crippen LogP contribution in [0.3, 0.4) is 0 Å². The maximum Gasteiger partial charge on any atom is 0.0973 e. The van der Waals surface area contributed by atoms with Crippen molar-refractivity contribution < 1.29 is 0 Å². The van der Waals surface area contributed by atoms with Gasteiger partial charge in [0.15, 0.2) is 0 Å². The average Bonchev–Trinajstić information content (AvgIpc) is 3.70. The van der Waals surface area contributed by atoms with Crippen molar-refractivity contribution in [1.82, 2.24) is 15.0 Å². The van der Waals surface area contributed by atoms with E-state index in [1.165, 1.54) is 71.6 Å². The minimum absolute atomic E-state index is 0.579. The number of benzene rings is 10. The van der Waals surface area contributed by atoms with Crippen molar-refractivity contribution in [3.05, 3.63) is 271 Å². The maximum atomic E-state index is 5.21. The Morgan fingerprint density at radius 3 is 1.22 bits per heavy atom. The molecule has 0 aliphatic heterocycles. The van der Waals surface area contributed by atoms with Crippen molar-refractivity contribution in [2.45, 2.75) is 5.41 Å². The SMILES string of the molecule is c1ccc(-c2nc3ccccc3nc2-c2ccc(-c3c4ccccc4c(-c4ccc5c(c4)C(c4ccccc4)(c4ccccc4)c4cc(-c6cccnc6)ccc4-5)c4ccccc34)cc2)cc1. The summed E-state index contributed by atoms with van der Waals surface area (Å²) in [6.45, 7) is 0. The van der Waals surface area contributed by atoms with E-state index in [1.54, 1.807) is 0 Å². The minimum Gasteiger partial charge on any atom is -0.264 e. The lowest BCUT2D eigenvalue weighted by Gasteiger charge is -2.34. The van der Waals surface area contributed by atoms with E-state index in [1.807, 2.05) is 48.8 Å². The summed E-state index contributed by atoms with van der Waals surface area (Å²) in [5.74, 6) is 0. The van der Waals surface area contributed by atoms with Gasteiger partial charge in [-0.1, -0.05) is 206 Å². The molecular formula is C64H41N3. The van der Waals surface area contributed by atoms with Crippen molar-refractivity contribution in [3.63, 3.8) is 0 Å². The molecule has 2 aromatic heterocycles. The first-order valence-electron chi connectivity index (χ1n) is 22.9. The lowest BCUT2D eigenvalue weighted by molar-refractivity contribution is 0.769. The predicted molar refractivity (Wildman–Crippen MR) is 277 cm³/mol. The molecule has 1 aliphatic carbocycles. The molecule has 0 saturated carbocycles. The van der Waals surface area contributed by atoms with Gasteiger partial charge in [-0.15, -0.1) is 0 Å². The van der Waals surface area contributed by atoms with E-state index in [0.29, 0.717) is 0 Å². The Labute approximate surface area is 389 Å². The Hall–Kier alpha value is -8.79. The summed E-state index contributed by atoms with van der Waals surface area (Å²) in [6.07, 6.45) is 3.80. The molecule has 0 bridgehead atoms. The van der Waals surface area contributed by atoms with E-state index in [-0.39, 0.29) is 0 Å². The number of hydrogen-bond donors (Lipinski definition) is 0. The monoisotopic (exact) mass is 851 g/mol. The lowest BCUT2D eigenvalue weighted by Crippen LogP contribution is -2.28. The van der Waals surface area contributed by atoms with E-state index in [9.17, 15) is 0 Å². The molecule has 0 spiro atoms. The van der Waals surface area contributed by atoms with Crippen LogP contribution in [0.2, 0.25) is 0 Å². The first kappa shape index (κ1) is 38.6. The van der Waals surface area contributed by atoms with Crippen LogP contribution in [0, 0.1) is 0 Å². The Kier molecular flexibility index (Phi) is 9.07. The molecule has 312 valence electrons. The highest BCUT2D eigenvalue weighted by Crippen LogP contribution is 2.58. The van der Waals surface area contributed by atoms with E-state index in [4.69, 9.17) is 9.97 Å². The van der Waals surface area contributed by atoms with Crippen LogP contribution in [0.25, 0.3) is 99.6 Å². The van der Waals surface area contributed by atoms with Crippen LogP contribution in [0.15, 0.2) is 249 Å². The van der Waals surface area contributed by atoms with E-state index < -0.39 is 5.41 Å². The number of hydrogen-bond acceptors (Lipinski definition) is 3. The molecule has 0 saturated heterocycles. The fraction of sp³-hybridized carbons (Fsp3) is 0.0156. The number of pyridine rings is 1. The molecular weight excluding hydrogens is 811 g/mol. The molecule has 12 aromatic rings. The number of fused-ring (bicyclic) bond motifs is 6. The van der Waals surface area contributed by atoms with Gasteiger partial charge in [-0.2, -0.15) is 0 Å². The summed E-state index contributed by atoms with van der Waals surface area (Å²) in [6, 6.07) is 85.8. The van der Waals surface area contributed by atoms with E-state index in [2.05, 4.69) is 205 Å². The summed E-state index contributed by atoms with van der Waals surface area (Å²) in [7, 11) is 0. The van der Waals surface area contributed by atoms with Crippen molar-refractivity contribution in [1.29, 1.82) is 0 Å². The number of aromatic nitrogens is 3. The standard InChI is InChI=1S/C64H41N3/c1-4-17-43(18-5-1)62-63(67-59-29-15-14-28-58(59)66-62)44-32-30-42(31-33-44)60-52-24-10-12-26-54(52)61(55-27-13-11-25-53(55)60)46-35-37-51-50-36-34-45(47-19-16-38-65-41-47)39-56(50)64(57(51)40-46,48-20-6-2-7-21-48)49-22-8-3-9-23-49/h1-41H. The van der Waals surface area contributed by atoms with Gasteiger partial charge < -0.3 is 0 Å². The molecule has 2 heterocycles. The van der Waals surface area contributed by atoms with Gasteiger partial charge in [0.25, 0.3) is 0 Å². The minimum atomic E-state index is -0.579. The maximum absolute atomic E-state index is 5.21. The van der Waals surface area contributed by atoms with Gasteiger partial charge >= 0.3 is 0 Å². The third-order valence-electron chi connectivity index (χ3n) is 13.8. The van der Waals surface area contributed by atoms with Gasteiger partial charge in [0.05, 0.1) is 27.8 Å². The molecule has 0 radical (unpaired) electrons. The number of nitrogens with zero attached hydrogens (tertiary/aromatic N) is 3. The second-order valence-electron chi connectivity index (χ2n) is 17.4. The molecule has 13 rings (SSSR count). The van der Waals surface area contributed by atoms with Crippen LogP contribution in [-0.4, -0.2) is 15.0 Å². The van der Waals surface area contributed by atoms with Crippen LogP contribution < -0.4 is 0 Å². The summed E-state index contributed by atoms with van der Waals surface area (Å²) < 4.78 is 0. The molecule has 67 heavy (non-hydrogen) atoms. The Morgan fingerprint density at radius 2 is 0.701 bits per heavy atom. The molecule has 10 aromatic carbocycles. The Balaban J connectivity index is 1.01. The predicted octanol–water partition coefficient (Wildman–Crippen LogP) is 16.0. The third-order valence-corrected chi connectivity index (χ3v) is 13.8. The topological polar surface area (TPSA) is 38.7 Å². The van der Waals surface area contributed by atoms with E-state index in [0.717, 1.165) is 50.2 Å². The smallest absolute Gasteiger partial charge is 0.0973 e. The molecule has 0 atom stereocenters. The molecule has 0 unspecified atom stereocenters. The second-order valence-corrected chi connectivity index (χ2v) is 17.4. The Bertz CT molecular complexity index is 3730. The summed E-state index contributed by atoms with van der Waals surface area (Å²) >= 11 is 0. The normalized spacial score (nSPS) is 12.6. The molecule has 0 N–H and O–H groups in total. The molecule has 0 amide bonds. The van der Waals surface area contributed by atoms with Crippen LogP contribution in [0.4, 0.5) is 0 Å². The zero-order chi connectivity index (χ0) is 44.3. The summed E-state index contributed by atoms with van der Waals surface area (Å²) in [5.41, 5.74) is 19.6. The zero-order valence-electron chi connectivity index (χ0n) is 36.5. The fourth-order valence-corrected chi connectivity index (χ4v) is 10.9. The average molecular weight is 852 g/mol. The zero-order valence-corrected chi connectivity index (χ0v) is 36.5. The van der Waals surface area contributed by atoms with Crippen molar-refractivity contribution >= 4 is 32.6 Å². The van der Waals surface area contributed by atoms with Crippen molar-refractivity contribution in [2.75, 3.05) is 0 Å². The molecule has 3 nitrogen and oxygen atoms in total. The van der Waals surface area contributed by atoms with Crippen LogP contribution in [-0.2, 0) is 5.41 Å². The molecule has 3 heteroatoms. The molecule has 1 aliphatic rings. The van der Waals surface area contributed by atoms with Crippen LogP contribution in [0.1, 0.15) is 22.3 Å². The van der Waals surface area contributed by atoms with Gasteiger partial charge in [-0.3, -0.25) is 4.98 Å². The van der Waals surface area contributed by atoms with Crippen molar-refractivity contribution in [3.8, 4) is 67.0 Å². The van der Waals surface area contributed by atoms with Gasteiger partial charge in [0.2, 0.25) is 0 Å². The number of rotatable bonds is 7. The van der Waals surface area contributed by atoms with Crippen molar-refractivity contribution in [2.24, 2.45) is 0 Å². The highest BCUT2D eigenvalue weighted by atomic mass is 14.8. The molecule has 0 fully saturated rings. The lowest BCUT2D eigenvalue weighted by atomic mass is 9.67. The van der Waals surface area contributed by atoms with Crippen LogP contribution in [0.5, 0.6) is 0 Å². The fourth-order valence-electron chi connectivity index (χ4n) is 10.9. The highest BCUT2D eigenvalue weighted by molar-refractivity contribution is 6.21. The highest BCUT2D eigenvalue weighted by Gasteiger charge is 2.46. The van der Waals surface area contributed by atoms with Gasteiger partial charge in [0, 0.05) is 23.5 Å². The second kappa shape index (κ2) is 15.7. The van der Waals surface area contributed by atoms with Gasteiger partial charge in [0.1, 0.15) is 0 Å². The third kappa shape index (κ3) is 6.16. The first-order valence-corrected chi connectivity index (χ1v) is 22.9. The van der Waals surface area contributed by atoms with E-state index >= 15 is 0 Å². The Morgan fingerprint density at radius 1 is 0.299 bits per heavy atom. The summed E-state index contributed by atoms with van der Waals surface area (Å²) in [4.78, 5) is 14.9. The van der Waals surface area contributed by atoms with Crippen LogP contribution >= 0.6 is 0 Å². The summed E-state index contributed by atoms with van der Waals surface area (Å²) in [5, 5.41) is 4.85.